The molecule has 0 atom stereocenters. The van der Waals surface area contributed by atoms with E-state index in [9.17, 15) is 9.59 Å². The molecule has 0 aliphatic carbocycles. The third-order valence-corrected chi connectivity index (χ3v) is 3.03. The van der Waals surface area contributed by atoms with Crippen molar-refractivity contribution in [1.82, 2.24) is 5.32 Å². The minimum absolute atomic E-state index is 0.236. The maximum atomic E-state index is 11.3. The van der Waals surface area contributed by atoms with Crippen LogP contribution in [0.4, 0.5) is 5.69 Å². The van der Waals surface area contributed by atoms with Crippen LogP contribution in [-0.2, 0) is 16.0 Å². The van der Waals surface area contributed by atoms with Gasteiger partial charge in [-0.05, 0) is 36.6 Å². The number of benzene rings is 1. The van der Waals surface area contributed by atoms with E-state index in [4.69, 9.17) is 0 Å². The number of carbonyl (C=O) groups excluding carboxylic acids is 2. The van der Waals surface area contributed by atoms with E-state index in [1.165, 1.54) is 11.1 Å². The van der Waals surface area contributed by atoms with Crippen LogP contribution in [0.15, 0.2) is 18.2 Å². The molecular weight excluding hydrogens is 216 g/mol. The normalized spacial score (nSPS) is 16.0. The van der Waals surface area contributed by atoms with Crippen LogP contribution < -0.4 is 10.2 Å². The highest BCUT2D eigenvalue weighted by Gasteiger charge is 2.22. The Morgan fingerprint density at radius 2 is 1.88 bits per heavy atom. The van der Waals surface area contributed by atoms with Crippen molar-refractivity contribution in [2.45, 2.75) is 20.3 Å². The smallest absolute Gasteiger partial charge is 0.246 e. The molecule has 90 valence electrons. The summed E-state index contributed by atoms with van der Waals surface area (Å²) in [6.45, 7) is 4.66. The minimum atomic E-state index is -0.236. The topological polar surface area (TPSA) is 49.4 Å². The van der Waals surface area contributed by atoms with Gasteiger partial charge in [0, 0.05) is 5.69 Å². The average Bonchev–Trinajstić information content (AvgIpc) is 2.28. The zero-order chi connectivity index (χ0) is 12.4. The Morgan fingerprint density at radius 3 is 2.47 bits per heavy atom. The summed E-state index contributed by atoms with van der Waals surface area (Å²) in [6, 6.07) is 6.05. The largest absolute Gasteiger partial charge is 0.353 e. The molecule has 0 radical (unpaired) electrons. The van der Waals surface area contributed by atoms with E-state index in [-0.39, 0.29) is 24.9 Å². The number of piperazine rings is 1. The molecule has 4 heteroatoms. The van der Waals surface area contributed by atoms with Gasteiger partial charge in [-0.15, -0.1) is 0 Å². The first kappa shape index (κ1) is 11.6. The van der Waals surface area contributed by atoms with E-state index in [1.54, 1.807) is 4.90 Å². The molecule has 1 aliphatic heterocycles. The highest BCUT2D eigenvalue weighted by Crippen LogP contribution is 2.20. The fraction of sp³-hybridized carbons (Fsp3) is 0.385. The zero-order valence-electron chi connectivity index (χ0n) is 10.1. The number of hydrogen-bond acceptors (Lipinski definition) is 3. The Morgan fingerprint density at radius 1 is 1.24 bits per heavy atom. The van der Waals surface area contributed by atoms with Crippen LogP contribution in [0, 0.1) is 6.92 Å². The van der Waals surface area contributed by atoms with Gasteiger partial charge in [-0.2, -0.15) is 0 Å². The Kier molecular flexibility index (Phi) is 3.13. The minimum Gasteiger partial charge on any atom is -0.353 e. The van der Waals surface area contributed by atoms with Gasteiger partial charge in [-0.3, -0.25) is 14.9 Å². The third-order valence-electron chi connectivity index (χ3n) is 3.03. The number of aryl methyl sites for hydroxylation is 2. The quantitative estimate of drug-likeness (QED) is 0.774. The maximum absolute atomic E-state index is 11.3. The molecular formula is C13H16N2O2. The van der Waals surface area contributed by atoms with Gasteiger partial charge in [-0.25, -0.2) is 0 Å². The molecule has 0 spiro atoms. The third kappa shape index (κ3) is 2.46. The SMILES string of the molecule is CCc1cc(N2CC(=O)NC(=O)C2)ccc1C. The van der Waals surface area contributed by atoms with Crippen molar-refractivity contribution in [2.75, 3.05) is 18.0 Å². The van der Waals surface area contributed by atoms with Crippen LogP contribution in [-0.4, -0.2) is 24.9 Å². The fourth-order valence-corrected chi connectivity index (χ4v) is 2.06. The lowest BCUT2D eigenvalue weighted by atomic mass is 10.0. The van der Waals surface area contributed by atoms with Gasteiger partial charge in [0.15, 0.2) is 0 Å². The second-order valence-corrected chi connectivity index (χ2v) is 4.29. The molecule has 1 aliphatic rings. The summed E-state index contributed by atoms with van der Waals surface area (Å²) in [5, 5.41) is 2.30. The number of hydrogen-bond donors (Lipinski definition) is 1. The first-order valence-corrected chi connectivity index (χ1v) is 5.77. The summed E-state index contributed by atoms with van der Waals surface area (Å²) < 4.78 is 0. The van der Waals surface area contributed by atoms with Crippen LogP contribution in [0.2, 0.25) is 0 Å². The molecule has 1 N–H and O–H groups in total. The average molecular weight is 232 g/mol. The second-order valence-electron chi connectivity index (χ2n) is 4.29. The lowest BCUT2D eigenvalue weighted by Gasteiger charge is -2.28. The van der Waals surface area contributed by atoms with Crippen molar-refractivity contribution in [1.29, 1.82) is 0 Å². The highest BCUT2D eigenvalue weighted by atomic mass is 16.2. The molecule has 0 unspecified atom stereocenters. The van der Waals surface area contributed by atoms with E-state index in [1.807, 2.05) is 12.1 Å². The lowest BCUT2D eigenvalue weighted by Crippen LogP contribution is -2.51. The number of nitrogens with zero attached hydrogens (tertiary/aromatic N) is 1. The van der Waals surface area contributed by atoms with E-state index in [0.717, 1.165) is 12.1 Å². The molecule has 1 aromatic carbocycles. The van der Waals surface area contributed by atoms with E-state index < -0.39 is 0 Å². The van der Waals surface area contributed by atoms with Gasteiger partial charge in [0.05, 0.1) is 13.1 Å². The summed E-state index contributed by atoms with van der Waals surface area (Å²) in [5.74, 6) is -0.472. The first-order chi connectivity index (χ1) is 8.10. The van der Waals surface area contributed by atoms with E-state index in [0.29, 0.717) is 0 Å². The number of carbonyl (C=O) groups is 2. The summed E-state index contributed by atoms with van der Waals surface area (Å²) in [7, 11) is 0. The van der Waals surface area contributed by atoms with Gasteiger partial charge in [0.25, 0.3) is 0 Å². The second kappa shape index (κ2) is 4.57. The van der Waals surface area contributed by atoms with Crippen LogP contribution >= 0.6 is 0 Å². The Hall–Kier alpha value is -1.84. The molecule has 1 heterocycles. The van der Waals surface area contributed by atoms with Crippen molar-refractivity contribution in [3.05, 3.63) is 29.3 Å². The fourth-order valence-electron chi connectivity index (χ4n) is 2.06. The van der Waals surface area contributed by atoms with Gasteiger partial charge >= 0.3 is 0 Å². The van der Waals surface area contributed by atoms with Crippen molar-refractivity contribution >= 4 is 17.5 Å². The lowest BCUT2D eigenvalue weighted by molar-refractivity contribution is -0.130. The monoisotopic (exact) mass is 232 g/mol. The highest BCUT2D eigenvalue weighted by molar-refractivity contribution is 6.02. The number of amides is 2. The van der Waals surface area contributed by atoms with Gasteiger partial charge in [0.2, 0.25) is 11.8 Å². The molecule has 2 amide bonds. The maximum Gasteiger partial charge on any atom is 0.246 e. The number of rotatable bonds is 2. The van der Waals surface area contributed by atoms with Crippen molar-refractivity contribution in [2.24, 2.45) is 0 Å². The summed E-state index contributed by atoms with van der Waals surface area (Å²) >= 11 is 0. The van der Waals surface area contributed by atoms with Gasteiger partial charge in [0.1, 0.15) is 0 Å². The van der Waals surface area contributed by atoms with Gasteiger partial charge < -0.3 is 4.90 Å². The molecule has 2 rings (SSSR count). The Labute approximate surface area is 101 Å². The molecule has 4 nitrogen and oxygen atoms in total. The molecule has 0 bridgehead atoms. The zero-order valence-corrected chi connectivity index (χ0v) is 10.1. The van der Waals surface area contributed by atoms with Crippen LogP contribution in [0.25, 0.3) is 0 Å². The molecule has 1 fully saturated rings. The first-order valence-electron chi connectivity index (χ1n) is 5.77. The summed E-state index contributed by atoms with van der Waals surface area (Å²) in [4.78, 5) is 24.4. The summed E-state index contributed by atoms with van der Waals surface area (Å²) in [5.41, 5.74) is 3.43. The van der Waals surface area contributed by atoms with Crippen LogP contribution in [0.3, 0.4) is 0 Å². The van der Waals surface area contributed by atoms with E-state index in [2.05, 4.69) is 25.2 Å². The number of imide groups is 1. The van der Waals surface area contributed by atoms with Crippen molar-refractivity contribution < 1.29 is 9.59 Å². The van der Waals surface area contributed by atoms with E-state index >= 15 is 0 Å². The predicted octanol–water partition coefficient (Wildman–Crippen LogP) is 1.02. The number of anilines is 1. The molecule has 1 saturated heterocycles. The summed E-state index contributed by atoms with van der Waals surface area (Å²) in [6.07, 6.45) is 0.952. The van der Waals surface area contributed by atoms with Gasteiger partial charge in [-0.1, -0.05) is 13.0 Å². The molecule has 1 aromatic rings. The molecule has 17 heavy (non-hydrogen) atoms. The molecule has 0 saturated carbocycles. The standard InChI is InChI=1S/C13H16N2O2/c1-3-10-6-11(5-4-9(10)2)15-7-12(16)14-13(17)8-15/h4-6H,3,7-8H2,1-2H3,(H,14,16,17). The Balaban J connectivity index is 2.27. The molecule has 0 aromatic heterocycles. The van der Waals surface area contributed by atoms with Crippen molar-refractivity contribution in [3.8, 4) is 0 Å². The number of nitrogens with one attached hydrogen (secondary N) is 1. The predicted molar refractivity (Wildman–Crippen MR) is 65.9 cm³/mol. The Bertz CT molecular complexity index is 452. The van der Waals surface area contributed by atoms with Crippen molar-refractivity contribution in [3.63, 3.8) is 0 Å². The van der Waals surface area contributed by atoms with Crippen LogP contribution in [0.1, 0.15) is 18.1 Å². The van der Waals surface area contributed by atoms with Crippen LogP contribution in [0.5, 0.6) is 0 Å².